The van der Waals surface area contributed by atoms with E-state index in [9.17, 15) is 4.79 Å². The Morgan fingerprint density at radius 1 is 1.35 bits per heavy atom. The number of ether oxygens (including phenoxy) is 1. The van der Waals surface area contributed by atoms with Crippen molar-refractivity contribution in [2.75, 3.05) is 27.2 Å². The summed E-state index contributed by atoms with van der Waals surface area (Å²) in [7, 11) is 3.42. The number of carbonyl (C=O) groups excluding carboxylic acids is 1. The minimum atomic E-state index is -0.488. The third kappa shape index (κ3) is 3.17. The lowest BCUT2D eigenvalue weighted by Gasteiger charge is -2.42. The van der Waals surface area contributed by atoms with Gasteiger partial charge in [0.05, 0.1) is 7.11 Å². The minimum Gasteiger partial charge on any atom is -0.468 e. The first kappa shape index (κ1) is 15.8. The molecule has 1 aliphatic carbocycles. The molecule has 1 saturated carbocycles. The van der Waals surface area contributed by atoms with Gasteiger partial charge in [-0.3, -0.25) is 4.90 Å². The van der Waals surface area contributed by atoms with Gasteiger partial charge in [0.2, 0.25) is 0 Å². The van der Waals surface area contributed by atoms with Crippen molar-refractivity contribution in [3.8, 4) is 0 Å². The highest BCUT2D eigenvalue weighted by Gasteiger charge is 2.52. The molecule has 1 saturated heterocycles. The Labute approximate surface area is 123 Å². The molecule has 2 atom stereocenters. The first-order chi connectivity index (χ1) is 9.67. The van der Waals surface area contributed by atoms with Crippen molar-refractivity contribution in [2.45, 2.75) is 63.5 Å². The summed E-state index contributed by atoms with van der Waals surface area (Å²) in [5, 5.41) is 3.32. The van der Waals surface area contributed by atoms with Gasteiger partial charge in [0.25, 0.3) is 0 Å². The van der Waals surface area contributed by atoms with Gasteiger partial charge >= 0.3 is 5.97 Å². The van der Waals surface area contributed by atoms with Crippen LogP contribution in [0.3, 0.4) is 0 Å². The topological polar surface area (TPSA) is 41.6 Å². The van der Waals surface area contributed by atoms with E-state index in [1.54, 1.807) is 0 Å². The summed E-state index contributed by atoms with van der Waals surface area (Å²) in [6.45, 7) is 4.18. The summed E-state index contributed by atoms with van der Waals surface area (Å²) in [5.74, 6) is 0.368. The maximum Gasteiger partial charge on any atom is 0.327 e. The van der Waals surface area contributed by atoms with Crippen LogP contribution in [0.1, 0.15) is 51.9 Å². The Kier molecular flexibility index (Phi) is 5.44. The van der Waals surface area contributed by atoms with Gasteiger partial charge in [0, 0.05) is 12.6 Å². The molecule has 0 bridgehead atoms. The second kappa shape index (κ2) is 6.90. The van der Waals surface area contributed by atoms with Crippen LogP contribution in [-0.2, 0) is 9.53 Å². The van der Waals surface area contributed by atoms with Crippen molar-refractivity contribution in [1.82, 2.24) is 10.2 Å². The van der Waals surface area contributed by atoms with Crippen LogP contribution >= 0.6 is 0 Å². The van der Waals surface area contributed by atoms with Crippen LogP contribution in [0.2, 0.25) is 0 Å². The van der Waals surface area contributed by atoms with E-state index in [0.29, 0.717) is 12.0 Å². The molecule has 4 heteroatoms. The van der Waals surface area contributed by atoms with Crippen LogP contribution in [0.4, 0.5) is 0 Å². The number of hydrogen-bond acceptors (Lipinski definition) is 4. The Morgan fingerprint density at radius 3 is 2.65 bits per heavy atom. The molecule has 0 aromatic rings. The van der Waals surface area contributed by atoms with Crippen LogP contribution in [-0.4, -0.2) is 49.7 Å². The molecule has 1 aliphatic heterocycles. The summed E-state index contributed by atoms with van der Waals surface area (Å²) in [6.07, 6.45) is 8.60. The molecule has 0 spiro atoms. The fourth-order valence-electron chi connectivity index (χ4n) is 3.75. The number of hydrogen-bond donors (Lipinski definition) is 1. The van der Waals surface area contributed by atoms with E-state index in [0.717, 1.165) is 25.9 Å². The van der Waals surface area contributed by atoms with Crippen LogP contribution < -0.4 is 5.32 Å². The molecule has 20 heavy (non-hydrogen) atoms. The fraction of sp³-hybridized carbons (Fsp3) is 0.938. The monoisotopic (exact) mass is 282 g/mol. The summed E-state index contributed by atoms with van der Waals surface area (Å²) >= 11 is 0. The molecule has 2 fully saturated rings. The van der Waals surface area contributed by atoms with Gasteiger partial charge in [-0.15, -0.1) is 0 Å². The Bertz CT molecular complexity index is 328. The van der Waals surface area contributed by atoms with Crippen LogP contribution in [0.25, 0.3) is 0 Å². The normalized spacial score (nSPS) is 27.1. The van der Waals surface area contributed by atoms with E-state index < -0.39 is 5.54 Å². The van der Waals surface area contributed by atoms with E-state index in [2.05, 4.69) is 17.1 Å². The van der Waals surface area contributed by atoms with Crippen LogP contribution in [0.15, 0.2) is 0 Å². The van der Waals surface area contributed by atoms with Crippen molar-refractivity contribution in [1.29, 1.82) is 0 Å². The van der Waals surface area contributed by atoms with Crippen molar-refractivity contribution < 1.29 is 9.53 Å². The molecular weight excluding hydrogens is 252 g/mol. The predicted molar refractivity (Wildman–Crippen MR) is 80.7 cm³/mol. The first-order valence-electron chi connectivity index (χ1n) is 8.19. The Morgan fingerprint density at radius 2 is 2.10 bits per heavy atom. The SMILES string of the molecule is CCCC1CCCCN1CC(NC)(C(=O)OC)C1CC1. The van der Waals surface area contributed by atoms with Gasteiger partial charge in [0.1, 0.15) is 5.54 Å². The number of methoxy groups -OCH3 is 1. The smallest absolute Gasteiger partial charge is 0.327 e. The fourth-order valence-corrected chi connectivity index (χ4v) is 3.75. The van der Waals surface area contributed by atoms with Crippen LogP contribution in [0, 0.1) is 5.92 Å². The predicted octanol–water partition coefficient (Wildman–Crippen LogP) is 2.18. The standard InChI is InChI=1S/C16H30N2O2/c1-4-7-14-8-5-6-11-18(14)12-16(17-2,13-9-10-13)15(19)20-3/h13-14,17H,4-12H2,1-3H3. The summed E-state index contributed by atoms with van der Waals surface area (Å²) < 4.78 is 5.12. The summed E-state index contributed by atoms with van der Waals surface area (Å²) in [6, 6.07) is 0.643. The van der Waals surface area contributed by atoms with E-state index in [1.165, 1.54) is 39.2 Å². The highest BCUT2D eigenvalue weighted by Crippen LogP contribution is 2.41. The zero-order chi connectivity index (χ0) is 14.6. The number of likely N-dealkylation sites (N-methyl/N-ethyl adjacent to an activating group) is 1. The average molecular weight is 282 g/mol. The van der Waals surface area contributed by atoms with Gasteiger partial charge in [-0.2, -0.15) is 0 Å². The zero-order valence-electron chi connectivity index (χ0n) is 13.3. The van der Waals surface area contributed by atoms with Gasteiger partial charge < -0.3 is 10.1 Å². The van der Waals surface area contributed by atoms with Gasteiger partial charge in [-0.1, -0.05) is 19.8 Å². The average Bonchev–Trinajstić information content (AvgIpc) is 3.31. The highest BCUT2D eigenvalue weighted by atomic mass is 16.5. The summed E-state index contributed by atoms with van der Waals surface area (Å²) in [4.78, 5) is 14.9. The van der Waals surface area contributed by atoms with Crippen LogP contribution in [0.5, 0.6) is 0 Å². The van der Waals surface area contributed by atoms with Crippen molar-refractivity contribution in [3.05, 3.63) is 0 Å². The Balaban J connectivity index is 2.11. The van der Waals surface area contributed by atoms with Gasteiger partial charge in [0.15, 0.2) is 0 Å². The zero-order valence-corrected chi connectivity index (χ0v) is 13.3. The molecule has 2 rings (SSSR count). The molecular formula is C16H30N2O2. The Hall–Kier alpha value is -0.610. The minimum absolute atomic E-state index is 0.0803. The molecule has 0 aromatic heterocycles. The van der Waals surface area contributed by atoms with E-state index in [4.69, 9.17) is 4.74 Å². The number of nitrogens with one attached hydrogen (secondary N) is 1. The number of nitrogens with zero attached hydrogens (tertiary/aromatic N) is 1. The lowest BCUT2D eigenvalue weighted by molar-refractivity contribution is -0.151. The second-order valence-corrected chi connectivity index (χ2v) is 6.40. The van der Waals surface area contributed by atoms with E-state index in [1.807, 2.05) is 7.05 Å². The molecule has 1 N–H and O–H groups in total. The molecule has 4 nitrogen and oxygen atoms in total. The molecule has 0 amide bonds. The summed E-state index contributed by atoms with van der Waals surface area (Å²) in [5.41, 5.74) is -0.488. The van der Waals surface area contributed by atoms with Crippen molar-refractivity contribution in [3.63, 3.8) is 0 Å². The maximum atomic E-state index is 12.4. The lowest BCUT2D eigenvalue weighted by Crippen LogP contribution is -2.62. The maximum absolute atomic E-state index is 12.4. The van der Waals surface area contributed by atoms with Crippen molar-refractivity contribution in [2.24, 2.45) is 5.92 Å². The lowest BCUT2D eigenvalue weighted by atomic mass is 9.89. The molecule has 1 heterocycles. The van der Waals surface area contributed by atoms with Gasteiger partial charge in [-0.05, 0) is 51.6 Å². The second-order valence-electron chi connectivity index (χ2n) is 6.40. The first-order valence-corrected chi connectivity index (χ1v) is 8.19. The number of likely N-dealkylation sites (tertiary alicyclic amines) is 1. The highest BCUT2D eigenvalue weighted by molar-refractivity contribution is 5.82. The number of piperidine rings is 1. The van der Waals surface area contributed by atoms with Crippen molar-refractivity contribution >= 4 is 5.97 Å². The van der Waals surface area contributed by atoms with E-state index in [-0.39, 0.29) is 5.97 Å². The third-order valence-corrected chi connectivity index (χ3v) is 5.09. The largest absolute Gasteiger partial charge is 0.468 e. The number of rotatable bonds is 7. The molecule has 0 aromatic carbocycles. The van der Waals surface area contributed by atoms with E-state index >= 15 is 0 Å². The molecule has 116 valence electrons. The number of carbonyl (C=O) groups is 1. The van der Waals surface area contributed by atoms with Gasteiger partial charge in [-0.25, -0.2) is 4.79 Å². The molecule has 2 unspecified atom stereocenters. The molecule has 0 radical (unpaired) electrons. The molecule has 2 aliphatic rings. The number of esters is 1. The third-order valence-electron chi connectivity index (χ3n) is 5.09. The quantitative estimate of drug-likeness (QED) is 0.727.